The van der Waals surface area contributed by atoms with E-state index in [1.807, 2.05) is 10.9 Å². The summed E-state index contributed by atoms with van der Waals surface area (Å²) in [7, 11) is 0. The first-order valence-corrected chi connectivity index (χ1v) is 7.46. The number of nitrogens with one attached hydrogen (secondary N) is 1. The molecule has 104 valence electrons. The number of rotatable bonds is 7. The van der Waals surface area contributed by atoms with Gasteiger partial charge >= 0.3 is 0 Å². The van der Waals surface area contributed by atoms with Crippen LogP contribution >= 0.6 is 11.3 Å². The van der Waals surface area contributed by atoms with Crippen LogP contribution in [0.4, 0.5) is 0 Å². The monoisotopic (exact) mass is 279 g/mol. The van der Waals surface area contributed by atoms with Gasteiger partial charge in [0.25, 0.3) is 0 Å². The second-order valence-electron chi connectivity index (χ2n) is 4.69. The first-order chi connectivity index (χ1) is 9.19. The highest BCUT2D eigenvalue weighted by atomic mass is 32.1. The molecule has 2 heterocycles. The molecule has 2 aromatic heterocycles. The molecule has 0 saturated carbocycles. The van der Waals surface area contributed by atoms with Gasteiger partial charge < -0.3 is 10.1 Å². The van der Waals surface area contributed by atoms with Crippen molar-refractivity contribution in [2.45, 2.75) is 40.0 Å². The van der Waals surface area contributed by atoms with Crippen molar-refractivity contribution in [3.05, 3.63) is 34.3 Å². The lowest BCUT2D eigenvalue weighted by Gasteiger charge is -2.03. The lowest BCUT2D eigenvalue weighted by molar-refractivity contribution is 0.309. The van der Waals surface area contributed by atoms with Crippen molar-refractivity contribution >= 4 is 11.3 Å². The Morgan fingerprint density at radius 1 is 1.37 bits per heavy atom. The molecule has 0 aliphatic carbocycles. The van der Waals surface area contributed by atoms with Gasteiger partial charge in [0.2, 0.25) is 0 Å². The van der Waals surface area contributed by atoms with E-state index in [9.17, 15) is 0 Å². The highest BCUT2D eigenvalue weighted by molar-refractivity contribution is 7.11. The van der Waals surface area contributed by atoms with Gasteiger partial charge in [0.05, 0.1) is 12.4 Å². The van der Waals surface area contributed by atoms with Crippen LogP contribution in [0.25, 0.3) is 0 Å². The first kappa shape index (κ1) is 14.1. The molecule has 0 bridgehead atoms. The maximum atomic E-state index is 5.75. The molecular formula is C14H21N3OS. The van der Waals surface area contributed by atoms with Gasteiger partial charge in [-0.1, -0.05) is 6.92 Å². The van der Waals surface area contributed by atoms with Gasteiger partial charge in [-0.05, 0) is 32.5 Å². The van der Waals surface area contributed by atoms with Crippen molar-refractivity contribution in [2.24, 2.45) is 0 Å². The SMILES string of the molecule is CCNCc1ccc(COc2cnn(C(C)C)c2)s1. The fourth-order valence-corrected chi connectivity index (χ4v) is 2.58. The summed E-state index contributed by atoms with van der Waals surface area (Å²) in [6.07, 6.45) is 3.71. The summed E-state index contributed by atoms with van der Waals surface area (Å²) in [5.41, 5.74) is 0. The second kappa shape index (κ2) is 6.73. The molecule has 2 aromatic rings. The molecule has 0 aliphatic heterocycles. The molecule has 0 unspecified atom stereocenters. The lowest BCUT2D eigenvalue weighted by atomic mass is 10.4. The van der Waals surface area contributed by atoms with Crippen LogP contribution in [-0.2, 0) is 13.2 Å². The summed E-state index contributed by atoms with van der Waals surface area (Å²) in [6.45, 7) is 8.86. The minimum Gasteiger partial charge on any atom is -0.485 e. The first-order valence-electron chi connectivity index (χ1n) is 6.64. The van der Waals surface area contributed by atoms with E-state index in [-0.39, 0.29) is 0 Å². The van der Waals surface area contributed by atoms with Crippen LogP contribution in [0.5, 0.6) is 5.75 Å². The third-order valence-corrected chi connectivity index (χ3v) is 3.81. The van der Waals surface area contributed by atoms with Gasteiger partial charge in [0.1, 0.15) is 6.61 Å². The number of ether oxygens (including phenoxy) is 1. The molecule has 5 heteroatoms. The largest absolute Gasteiger partial charge is 0.485 e. The third kappa shape index (κ3) is 4.08. The van der Waals surface area contributed by atoms with Gasteiger partial charge in [-0.2, -0.15) is 5.10 Å². The molecule has 0 saturated heterocycles. The Kier molecular flexibility index (Phi) is 4.99. The predicted molar refractivity (Wildman–Crippen MR) is 78.6 cm³/mol. The average molecular weight is 279 g/mol. The van der Waals surface area contributed by atoms with E-state index >= 15 is 0 Å². The van der Waals surface area contributed by atoms with Crippen LogP contribution in [-0.4, -0.2) is 16.3 Å². The van der Waals surface area contributed by atoms with Gasteiger partial charge in [-0.25, -0.2) is 0 Å². The van der Waals surface area contributed by atoms with Crippen LogP contribution in [0.3, 0.4) is 0 Å². The van der Waals surface area contributed by atoms with E-state index in [1.165, 1.54) is 9.75 Å². The van der Waals surface area contributed by atoms with Crippen LogP contribution in [0, 0.1) is 0 Å². The summed E-state index contributed by atoms with van der Waals surface area (Å²) in [5.74, 6) is 0.829. The summed E-state index contributed by atoms with van der Waals surface area (Å²) in [6, 6.07) is 4.65. The Labute approximate surface area is 118 Å². The molecule has 19 heavy (non-hydrogen) atoms. The molecule has 0 fully saturated rings. The van der Waals surface area contributed by atoms with E-state index in [1.54, 1.807) is 17.5 Å². The topological polar surface area (TPSA) is 39.1 Å². The normalized spacial score (nSPS) is 11.2. The highest BCUT2D eigenvalue weighted by Gasteiger charge is 2.04. The van der Waals surface area contributed by atoms with E-state index in [2.05, 4.69) is 43.3 Å². The molecule has 1 N–H and O–H groups in total. The number of hydrogen-bond donors (Lipinski definition) is 1. The van der Waals surface area contributed by atoms with Gasteiger partial charge in [0.15, 0.2) is 5.75 Å². The summed E-state index contributed by atoms with van der Waals surface area (Å²) < 4.78 is 7.65. The number of aromatic nitrogens is 2. The molecule has 0 amide bonds. The van der Waals surface area contributed by atoms with Crippen molar-refractivity contribution in [3.8, 4) is 5.75 Å². The zero-order chi connectivity index (χ0) is 13.7. The zero-order valence-electron chi connectivity index (χ0n) is 11.7. The standard InChI is InChI=1S/C14H21N3OS/c1-4-15-8-13-5-6-14(19-13)10-18-12-7-16-17(9-12)11(2)3/h5-7,9,11,15H,4,8,10H2,1-3H3. The Morgan fingerprint density at radius 2 is 2.16 bits per heavy atom. The minimum atomic E-state index is 0.366. The molecule has 0 aromatic carbocycles. The molecular weight excluding hydrogens is 258 g/mol. The summed E-state index contributed by atoms with van der Waals surface area (Å²) >= 11 is 1.79. The van der Waals surface area contributed by atoms with Crippen LogP contribution in [0.2, 0.25) is 0 Å². The molecule has 2 rings (SSSR count). The van der Waals surface area contributed by atoms with Crippen molar-refractivity contribution in [2.75, 3.05) is 6.54 Å². The van der Waals surface area contributed by atoms with E-state index in [0.29, 0.717) is 12.6 Å². The Morgan fingerprint density at radius 3 is 2.84 bits per heavy atom. The van der Waals surface area contributed by atoms with Gasteiger partial charge in [-0.3, -0.25) is 4.68 Å². The number of nitrogens with zero attached hydrogens (tertiary/aromatic N) is 2. The number of hydrogen-bond acceptors (Lipinski definition) is 4. The zero-order valence-corrected chi connectivity index (χ0v) is 12.5. The average Bonchev–Trinajstić information content (AvgIpc) is 3.03. The van der Waals surface area contributed by atoms with Gasteiger partial charge in [-0.15, -0.1) is 11.3 Å². The van der Waals surface area contributed by atoms with E-state index < -0.39 is 0 Å². The lowest BCUT2D eigenvalue weighted by Crippen LogP contribution is -2.10. The van der Waals surface area contributed by atoms with Crippen molar-refractivity contribution in [1.82, 2.24) is 15.1 Å². The van der Waals surface area contributed by atoms with Crippen molar-refractivity contribution in [1.29, 1.82) is 0 Å². The summed E-state index contributed by atoms with van der Waals surface area (Å²) in [5, 5.41) is 7.58. The molecule has 4 nitrogen and oxygen atoms in total. The smallest absolute Gasteiger partial charge is 0.157 e. The van der Waals surface area contributed by atoms with Crippen LogP contribution < -0.4 is 10.1 Å². The third-order valence-electron chi connectivity index (χ3n) is 2.75. The predicted octanol–water partition coefficient (Wildman–Crippen LogP) is 3.21. The maximum Gasteiger partial charge on any atom is 0.157 e. The Bertz CT molecular complexity index is 504. The van der Waals surface area contributed by atoms with Crippen LogP contribution in [0.15, 0.2) is 24.5 Å². The molecule has 0 radical (unpaired) electrons. The Balaban J connectivity index is 1.85. The maximum absolute atomic E-state index is 5.75. The molecule has 0 aliphatic rings. The van der Waals surface area contributed by atoms with E-state index in [4.69, 9.17) is 4.74 Å². The van der Waals surface area contributed by atoms with Crippen LogP contribution in [0.1, 0.15) is 36.6 Å². The fourth-order valence-electron chi connectivity index (χ4n) is 1.68. The second-order valence-corrected chi connectivity index (χ2v) is 5.94. The Hall–Kier alpha value is -1.33. The van der Waals surface area contributed by atoms with Crippen molar-refractivity contribution < 1.29 is 4.74 Å². The van der Waals surface area contributed by atoms with Crippen molar-refractivity contribution in [3.63, 3.8) is 0 Å². The number of thiophene rings is 1. The fraction of sp³-hybridized carbons (Fsp3) is 0.500. The van der Waals surface area contributed by atoms with Gasteiger partial charge in [0, 0.05) is 22.3 Å². The molecule has 0 spiro atoms. The summed E-state index contributed by atoms with van der Waals surface area (Å²) in [4.78, 5) is 2.59. The highest BCUT2D eigenvalue weighted by Crippen LogP contribution is 2.19. The van der Waals surface area contributed by atoms with E-state index in [0.717, 1.165) is 18.8 Å². The molecule has 0 atom stereocenters. The minimum absolute atomic E-state index is 0.366. The quantitative estimate of drug-likeness (QED) is 0.846.